The third-order valence-electron chi connectivity index (χ3n) is 1.68. The lowest BCUT2D eigenvalue weighted by atomic mass is 10.1. The zero-order valence-electron chi connectivity index (χ0n) is 8.12. The van der Waals surface area contributed by atoms with Crippen molar-refractivity contribution in [2.24, 2.45) is 0 Å². The van der Waals surface area contributed by atoms with E-state index in [0.717, 1.165) is 0 Å². The van der Waals surface area contributed by atoms with Crippen LogP contribution in [-0.4, -0.2) is 32.1 Å². The summed E-state index contributed by atoms with van der Waals surface area (Å²) in [6, 6.07) is 0. The van der Waals surface area contributed by atoms with Gasteiger partial charge in [-0.3, -0.25) is 4.79 Å². The van der Waals surface area contributed by atoms with Gasteiger partial charge in [0.25, 0.3) is 0 Å². The maximum Gasteiger partial charge on any atom is 0.335 e. The average molecular weight is 186 g/mol. The lowest BCUT2D eigenvalue weighted by molar-refractivity contribution is -0.152. The Labute approximate surface area is 77.5 Å². The van der Waals surface area contributed by atoms with Crippen molar-refractivity contribution in [1.29, 1.82) is 0 Å². The predicted octanol–water partition coefficient (Wildman–Crippen LogP) is 0.710. The number of Topliss-reactive ketones (excluding diaryl/α,β-unsaturated/α-hetero) is 1. The highest BCUT2D eigenvalue weighted by atomic mass is 16.6. The van der Waals surface area contributed by atoms with Gasteiger partial charge in [0.2, 0.25) is 0 Å². The van der Waals surface area contributed by atoms with Gasteiger partial charge in [0.05, 0.1) is 7.11 Å². The van der Waals surface area contributed by atoms with Crippen molar-refractivity contribution in [3.63, 3.8) is 0 Å². The molecule has 74 valence electrons. The van der Waals surface area contributed by atoms with Gasteiger partial charge in [0.1, 0.15) is 0 Å². The second-order valence-electron chi connectivity index (χ2n) is 2.61. The molecule has 0 saturated heterocycles. The molecule has 0 aliphatic carbocycles. The third-order valence-corrected chi connectivity index (χ3v) is 1.68. The van der Waals surface area contributed by atoms with E-state index in [1.54, 1.807) is 0 Å². The maximum absolute atomic E-state index is 11.0. The first kappa shape index (κ1) is 11.8. The first-order valence-corrected chi connectivity index (χ1v) is 3.82. The maximum atomic E-state index is 11.0. The lowest BCUT2D eigenvalue weighted by Gasteiger charge is -2.12. The first-order chi connectivity index (χ1) is 6.02. The van der Waals surface area contributed by atoms with Gasteiger partial charge >= 0.3 is 5.97 Å². The van der Waals surface area contributed by atoms with Crippen molar-refractivity contribution in [3.05, 3.63) is 12.2 Å². The summed E-state index contributed by atoms with van der Waals surface area (Å²) in [6.07, 6.45) is -0.556. The summed E-state index contributed by atoms with van der Waals surface area (Å²) in [6.45, 7) is 4.92. The minimum Gasteiger partial charge on any atom is -0.467 e. The Hall–Kier alpha value is -1.16. The number of esters is 1. The number of methoxy groups -OCH3 is 2. The molecule has 4 nitrogen and oxygen atoms in total. The quantitative estimate of drug-likeness (QED) is 0.468. The summed E-state index contributed by atoms with van der Waals surface area (Å²) in [7, 11) is 2.65. The highest BCUT2D eigenvalue weighted by Crippen LogP contribution is 2.08. The molecule has 0 rings (SSSR count). The Bertz CT molecular complexity index is 220. The fourth-order valence-electron chi connectivity index (χ4n) is 0.762. The Balaban J connectivity index is 4.21. The topological polar surface area (TPSA) is 52.6 Å². The Morgan fingerprint density at radius 1 is 1.38 bits per heavy atom. The monoisotopic (exact) mass is 186 g/mol. The molecule has 4 heteroatoms. The SMILES string of the molecule is C=C(CC(OC)C(=O)OC)C(C)=O. The normalized spacial score (nSPS) is 11.9. The largest absolute Gasteiger partial charge is 0.467 e. The predicted molar refractivity (Wildman–Crippen MR) is 47.3 cm³/mol. The Kier molecular flexibility index (Phi) is 4.99. The summed E-state index contributed by atoms with van der Waals surface area (Å²) in [5.41, 5.74) is 0.359. The van der Waals surface area contributed by atoms with Crippen LogP contribution in [0.15, 0.2) is 12.2 Å². The van der Waals surface area contributed by atoms with Gasteiger partial charge in [-0.05, 0) is 12.5 Å². The van der Waals surface area contributed by atoms with Crippen LogP contribution in [0, 0.1) is 0 Å². The lowest BCUT2D eigenvalue weighted by Crippen LogP contribution is -2.25. The summed E-state index contributed by atoms with van der Waals surface area (Å²) >= 11 is 0. The van der Waals surface area contributed by atoms with Crippen LogP contribution in [0.5, 0.6) is 0 Å². The minimum atomic E-state index is -0.735. The van der Waals surface area contributed by atoms with E-state index in [0.29, 0.717) is 5.57 Å². The number of carbonyl (C=O) groups is 2. The zero-order valence-corrected chi connectivity index (χ0v) is 8.12. The standard InChI is InChI=1S/C9H14O4/c1-6(7(2)10)5-8(12-3)9(11)13-4/h8H,1,5H2,2-4H3. The Morgan fingerprint density at radius 2 is 1.92 bits per heavy atom. The molecule has 0 spiro atoms. The van der Waals surface area contributed by atoms with E-state index in [9.17, 15) is 9.59 Å². The number of rotatable bonds is 5. The molecular formula is C9H14O4. The number of ether oxygens (including phenoxy) is 2. The highest BCUT2D eigenvalue weighted by molar-refractivity contribution is 5.93. The molecule has 0 aliphatic heterocycles. The van der Waals surface area contributed by atoms with Crippen LogP contribution in [0.25, 0.3) is 0 Å². The van der Waals surface area contributed by atoms with Crippen molar-refractivity contribution in [3.8, 4) is 0 Å². The number of hydrogen-bond donors (Lipinski definition) is 0. The van der Waals surface area contributed by atoms with Gasteiger partial charge in [-0.25, -0.2) is 4.79 Å². The van der Waals surface area contributed by atoms with E-state index in [1.807, 2.05) is 0 Å². The van der Waals surface area contributed by atoms with Crippen LogP contribution >= 0.6 is 0 Å². The van der Waals surface area contributed by atoms with Crippen LogP contribution in [0.3, 0.4) is 0 Å². The summed E-state index contributed by atoms with van der Waals surface area (Å²) in [5.74, 6) is -0.643. The van der Waals surface area contributed by atoms with E-state index >= 15 is 0 Å². The second kappa shape index (κ2) is 5.48. The van der Waals surface area contributed by atoms with Crippen molar-refractivity contribution in [1.82, 2.24) is 0 Å². The second-order valence-corrected chi connectivity index (χ2v) is 2.61. The molecule has 13 heavy (non-hydrogen) atoms. The van der Waals surface area contributed by atoms with Gasteiger partial charge < -0.3 is 9.47 Å². The van der Waals surface area contributed by atoms with Gasteiger partial charge in [-0.15, -0.1) is 0 Å². The highest BCUT2D eigenvalue weighted by Gasteiger charge is 2.20. The molecule has 0 saturated carbocycles. The van der Waals surface area contributed by atoms with Gasteiger partial charge in [-0.2, -0.15) is 0 Å². The number of ketones is 1. The van der Waals surface area contributed by atoms with Gasteiger partial charge in [0, 0.05) is 13.5 Å². The van der Waals surface area contributed by atoms with Crippen LogP contribution in [0.2, 0.25) is 0 Å². The molecule has 0 fully saturated rings. The fourth-order valence-corrected chi connectivity index (χ4v) is 0.762. The molecule has 0 heterocycles. The van der Waals surface area contributed by atoms with Crippen molar-refractivity contribution < 1.29 is 19.1 Å². The molecule has 0 aromatic heterocycles. The molecule has 0 radical (unpaired) electrons. The fraction of sp³-hybridized carbons (Fsp3) is 0.556. The van der Waals surface area contributed by atoms with E-state index in [2.05, 4.69) is 11.3 Å². The van der Waals surface area contributed by atoms with Crippen LogP contribution in [-0.2, 0) is 19.1 Å². The average Bonchev–Trinajstić information content (AvgIpc) is 2.12. The van der Waals surface area contributed by atoms with Crippen molar-refractivity contribution in [2.45, 2.75) is 19.4 Å². The molecule has 0 aliphatic rings. The van der Waals surface area contributed by atoms with E-state index in [4.69, 9.17) is 4.74 Å². The van der Waals surface area contributed by atoms with Crippen LogP contribution < -0.4 is 0 Å². The van der Waals surface area contributed by atoms with Crippen LogP contribution in [0.1, 0.15) is 13.3 Å². The molecule has 1 unspecified atom stereocenters. The summed E-state index contributed by atoms with van der Waals surface area (Å²) in [5, 5.41) is 0. The van der Waals surface area contributed by atoms with E-state index in [1.165, 1.54) is 21.1 Å². The minimum absolute atomic E-state index is 0.147. The van der Waals surface area contributed by atoms with Crippen molar-refractivity contribution in [2.75, 3.05) is 14.2 Å². The van der Waals surface area contributed by atoms with E-state index in [-0.39, 0.29) is 12.2 Å². The molecule has 1 atom stereocenters. The molecule has 0 N–H and O–H groups in total. The molecule has 0 aromatic carbocycles. The third kappa shape index (κ3) is 3.85. The summed E-state index contributed by atoms with van der Waals surface area (Å²) < 4.78 is 9.30. The number of carbonyl (C=O) groups excluding carboxylic acids is 2. The summed E-state index contributed by atoms with van der Waals surface area (Å²) in [4.78, 5) is 21.8. The first-order valence-electron chi connectivity index (χ1n) is 3.82. The van der Waals surface area contributed by atoms with Crippen molar-refractivity contribution >= 4 is 11.8 Å². The van der Waals surface area contributed by atoms with Gasteiger partial charge in [0.15, 0.2) is 11.9 Å². The Morgan fingerprint density at radius 3 is 2.23 bits per heavy atom. The van der Waals surface area contributed by atoms with E-state index < -0.39 is 12.1 Å². The number of hydrogen-bond acceptors (Lipinski definition) is 4. The molecular weight excluding hydrogens is 172 g/mol. The molecule has 0 aromatic rings. The zero-order chi connectivity index (χ0) is 10.4. The smallest absolute Gasteiger partial charge is 0.335 e. The molecule has 0 bridgehead atoms. The van der Waals surface area contributed by atoms with Gasteiger partial charge in [-0.1, -0.05) is 6.58 Å². The van der Waals surface area contributed by atoms with Crippen LogP contribution in [0.4, 0.5) is 0 Å². The molecule has 0 amide bonds.